The van der Waals surface area contributed by atoms with Crippen LogP contribution in [-0.4, -0.2) is 36.8 Å². The molecule has 5 aromatic rings. The third kappa shape index (κ3) is 8.71. The molecule has 230 valence electrons. The van der Waals surface area contributed by atoms with Gasteiger partial charge in [-0.3, -0.25) is 14.4 Å². The molecule has 0 aliphatic rings. The van der Waals surface area contributed by atoms with Crippen molar-refractivity contribution in [3.05, 3.63) is 156 Å². The fourth-order valence-corrected chi connectivity index (χ4v) is 5.57. The summed E-state index contributed by atoms with van der Waals surface area (Å²) in [4.78, 5) is 47.1. The van der Waals surface area contributed by atoms with E-state index in [9.17, 15) is 14.4 Å². The first-order valence-electron chi connectivity index (χ1n) is 14.6. The Morgan fingerprint density at radius 3 is 2.13 bits per heavy atom. The van der Waals surface area contributed by atoms with Crippen LogP contribution < -0.4 is 20.9 Å². The van der Waals surface area contributed by atoms with Gasteiger partial charge in [0.15, 0.2) is 0 Å². The van der Waals surface area contributed by atoms with E-state index in [1.165, 1.54) is 11.8 Å². The van der Waals surface area contributed by atoms with E-state index in [-0.39, 0.29) is 11.6 Å². The molecule has 3 amide bonds. The maximum Gasteiger partial charge on any atom is 0.272 e. The smallest absolute Gasteiger partial charge is 0.272 e. The molecule has 5 rings (SSSR count). The van der Waals surface area contributed by atoms with E-state index in [1.54, 1.807) is 60.8 Å². The average Bonchev–Trinajstić information content (AvgIpc) is 3.08. The molecule has 9 heteroatoms. The van der Waals surface area contributed by atoms with E-state index in [0.717, 1.165) is 21.7 Å². The lowest BCUT2D eigenvalue weighted by molar-refractivity contribution is -0.116. The molecule has 3 N–H and O–H groups in total. The van der Waals surface area contributed by atoms with E-state index in [2.05, 4.69) is 20.9 Å². The van der Waals surface area contributed by atoms with Gasteiger partial charge in [0.1, 0.15) is 16.8 Å². The maximum absolute atomic E-state index is 13.6. The Bertz CT molecular complexity index is 1810. The lowest BCUT2D eigenvalue weighted by atomic mass is 10.1. The predicted octanol–water partition coefficient (Wildman–Crippen LogP) is 7.03. The van der Waals surface area contributed by atoms with E-state index in [0.29, 0.717) is 17.1 Å². The molecule has 4 aromatic carbocycles. The highest BCUT2D eigenvalue weighted by molar-refractivity contribution is 8.00. The lowest BCUT2D eigenvalue weighted by Gasteiger charge is -2.17. The van der Waals surface area contributed by atoms with E-state index in [4.69, 9.17) is 0 Å². The molecule has 1 atom stereocenters. The van der Waals surface area contributed by atoms with E-state index in [1.807, 2.05) is 97.9 Å². The van der Waals surface area contributed by atoms with Crippen LogP contribution in [-0.2, 0) is 9.59 Å². The molecule has 1 heterocycles. The molecule has 0 aliphatic carbocycles. The highest BCUT2D eigenvalue weighted by Gasteiger charge is 2.23. The van der Waals surface area contributed by atoms with Crippen LogP contribution in [0.25, 0.3) is 6.08 Å². The van der Waals surface area contributed by atoms with Gasteiger partial charge in [-0.15, -0.1) is 11.8 Å². The Morgan fingerprint density at radius 2 is 1.46 bits per heavy atom. The van der Waals surface area contributed by atoms with Gasteiger partial charge in [0.2, 0.25) is 5.91 Å². The van der Waals surface area contributed by atoms with Crippen molar-refractivity contribution in [2.45, 2.75) is 10.1 Å². The van der Waals surface area contributed by atoms with Crippen LogP contribution in [0, 0.1) is 0 Å². The summed E-state index contributed by atoms with van der Waals surface area (Å²) in [5.41, 5.74) is 3.60. The number of amides is 3. The molecular weight excluding hydrogens is 595 g/mol. The Morgan fingerprint density at radius 1 is 0.761 bits per heavy atom. The molecule has 0 spiro atoms. The Labute approximate surface area is 272 Å². The number of rotatable bonds is 11. The SMILES string of the molecule is CN(C)c1ccc(/C=C(/NC(=O)c2ccccc2)C(=O)Nc2cccc(SC(C(=O)Nc3ccccn3)c3ccccc3)c2)cc1. The number of aromatic nitrogens is 1. The van der Waals surface area contributed by atoms with Crippen LogP contribution in [0.4, 0.5) is 17.2 Å². The number of anilines is 3. The third-order valence-corrected chi connectivity index (χ3v) is 8.10. The highest BCUT2D eigenvalue weighted by atomic mass is 32.2. The Balaban J connectivity index is 1.38. The molecule has 0 fully saturated rings. The summed E-state index contributed by atoms with van der Waals surface area (Å²) in [7, 11) is 3.90. The number of thioether (sulfide) groups is 1. The maximum atomic E-state index is 13.6. The zero-order valence-corrected chi connectivity index (χ0v) is 26.2. The molecule has 0 saturated heterocycles. The zero-order chi connectivity index (χ0) is 32.3. The average molecular weight is 628 g/mol. The zero-order valence-electron chi connectivity index (χ0n) is 25.4. The monoisotopic (exact) mass is 627 g/mol. The summed E-state index contributed by atoms with van der Waals surface area (Å²) in [5, 5.41) is 8.01. The van der Waals surface area contributed by atoms with Crippen molar-refractivity contribution in [3.8, 4) is 0 Å². The van der Waals surface area contributed by atoms with Crippen LogP contribution in [0.2, 0.25) is 0 Å². The summed E-state index contributed by atoms with van der Waals surface area (Å²) in [6.45, 7) is 0. The summed E-state index contributed by atoms with van der Waals surface area (Å²) in [6, 6.07) is 38.4. The molecule has 0 bridgehead atoms. The Kier molecular flexibility index (Phi) is 10.6. The Hall–Kier alpha value is -5.67. The minimum Gasteiger partial charge on any atom is -0.378 e. The number of carbonyl (C=O) groups excluding carboxylic acids is 3. The van der Waals surface area contributed by atoms with Crippen LogP contribution >= 0.6 is 11.8 Å². The number of nitrogens with zero attached hydrogens (tertiary/aromatic N) is 2. The predicted molar refractivity (Wildman–Crippen MR) is 186 cm³/mol. The van der Waals surface area contributed by atoms with Crippen molar-refractivity contribution in [1.29, 1.82) is 0 Å². The van der Waals surface area contributed by atoms with Gasteiger partial charge in [-0.2, -0.15) is 0 Å². The van der Waals surface area contributed by atoms with E-state index >= 15 is 0 Å². The first-order valence-corrected chi connectivity index (χ1v) is 15.4. The largest absolute Gasteiger partial charge is 0.378 e. The topological polar surface area (TPSA) is 103 Å². The molecule has 1 aromatic heterocycles. The van der Waals surface area contributed by atoms with Crippen molar-refractivity contribution in [2.75, 3.05) is 29.6 Å². The van der Waals surface area contributed by atoms with Crippen molar-refractivity contribution in [2.24, 2.45) is 0 Å². The van der Waals surface area contributed by atoms with Gasteiger partial charge < -0.3 is 20.9 Å². The molecule has 8 nitrogen and oxygen atoms in total. The minimum absolute atomic E-state index is 0.0846. The number of carbonyl (C=O) groups is 3. The number of benzene rings is 4. The van der Waals surface area contributed by atoms with Crippen molar-refractivity contribution >= 4 is 52.8 Å². The molecule has 0 radical (unpaired) electrons. The van der Waals surface area contributed by atoms with E-state index < -0.39 is 17.1 Å². The highest BCUT2D eigenvalue weighted by Crippen LogP contribution is 2.37. The van der Waals surface area contributed by atoms with Crippen molar-refractivity contribution in [3.63, 3.8) is 0 Å². The first kappa shape index (κ1) is 31.7. The summed E-state index contributed by atoms with van der Waals surface area (Å²) in [5.74, 6) is -0.654. The second-order valence-electron chi connectivity index (χ2n) is 10.5. The number of hydrogen-bond acceptors (Lipinski definition) is 6. The normalized spacial score (nSPS) is 11.7. The summed E-state index contributed by atoms with van der Waals surface area (Å²) >= 11 is 1.35. The van der Waals surface area contributed by atoms with Gasteiger partial charge in [0.25, 0.3) is 11.8 Å². The quantitative estimate of drug-likeness (QED) is 0.107. The van der Waals surface area contributed by atoms with Gasteiger partial charge in [0.05, 0.1) is 0 Å². The molecular formula is C37H33N5O3S. The number of hydrogen-bond donors (Lipinski definition) is 3. The third-order valence-electron chi connectivity index (χ3n) is 6.85. The molecule has 1 unspecified atom stereocenters. The standard InChI is InChI=1S/C37H33N5O3S/c1-42(2)30-21-19-26(20-22-30)24-32(40-35(43)28-14-7-4-8-15-28)36(44)39-29-16-11-17-31(25-29)46-34(27-12-5-3-6-13-27)37(45)41-33-18-9-10-23-38-33/h3-25,34H,1-2H3,(H,39,44)(H,40,43)(H,38,41,45)/b32-24+. The van der Waals surface area contributed by atoms with Crippen LogP contribution in [0.3, 0.4) is 0 Å². The summed E-state index contributed by atoms with van der Waals surface area (Å²) in [6.07, 6.45) is 3.26. The van der Waals surface area contributed by atoms with Crippen molar-refractivity contribution in [1.82, 2.24) is 10.3 Å². The first-order chi connectivity index (χ1) is 22.4. The van der Waals surface area contributed by atoms with Crippen LogP contribution in [0.15, 0.2) is 144 Å². The van der Waals surface area contributed by atoms with Gasteiger partial charge in [-0.25, -0.2) is 4.98 Å². The second kappa shape index (κ2) is 15.4. The number of pyridine rings is 1. The van der Waals surface area contributed by atoms with Crippen LogP contribution in [0.1, 0.15) is 26.7 Å². The second-order valence-corrected chi connectivity index (χ2v) is 11.6. The summed E-state index contributed by atoms with van der Waals surface area (Å²) < 4.78 is 0. The minimum atomic E-state index is -0.583. The molecule has 0 saturated carbocycles. The van der Waals surface area contributed by atoms with Gasteiger partial charge >= 0.3 is 0 Å². The number of nitrogens with one attached hydrogen (secondary N) is 3. The lowest BCUT2D eigenvalue weighted by Crippen LogP contribution is -2.30. The van der Waals surface area contributed by atoms with Crippen LogP contribution in [0.5, 0.6) is 0 Å². The van der Waals surface area contributed by atoms with Gasteiger partial charge in [0, 0.05) is 42.1 Å². The van der Waals surface area contributed by atoms with Gasteiger partial charge in [-0.1, -0.05) is 72.8 Å². The van der Waals surface area contributed by atoms with Gasteiger partial charge in [-0.05, 0) is 71.8 Å². The molecule has 0 aliphatic heterocycles. The van der Waals surface area contributed by atoms with Crippen molar-refractivity contribution < 1.29 is 14.4 Å². The fourth-order valence-electron chi connectivity index (χ4n) is 4.49. The fraction of sp³-hybridized carbons (Fsp3) is 0.0811. The molecule has 46 heavy (non-hydrogen) atoms.